The maximum atomic E-state index is 12.7. The SMILES string of the molecule is CCCC1(C(=O)NCC2CCN(C(C)C)C2)CCNCC1. The lowest BCUT2D eigenvalue weighted by atomic mass is 9.74. The molecule has 2 rings (SSSR count). The fourth-order valence-corrected chi connectivity index (χ4v) is 3.90. The average molecular weight is 295 g/mol. The minimum absolute atomic E-state index is 0.101. The molecule has 1 amide bonds. The predicted molar refractivity (Wildman–Crippen MR) is 87.3 cm³/mol. The molecule has 1 atom stereocenters. The Labute approximate surface area is 130 Å². The zero-order valence-corrected chi connectivity index (χ0v) is 14.1. The Morgan fingerprint density at radius 2 is 2.10 bits per heavy atom. The van der Waals surface area contributed by atoms with Crippen LogP contribution in [-0.2, 0) is 4.79 Å². The lowest BCUT2D eigenvalue weighted by Gasteiger charge is -2.36. The molecule has 0 radical (unpaired) electrons. The first kappa shape index (κ1) is 16.8. The molecule has 0 aromatic carbocycles. The van der Waals surface area contributed by atoms with Crippen LogP contribution >= 0.6 is 0 Å². The third-order valence-electron chi connectivity index (χ3n) is 5.37. The van der Waals surface area contributed by atoms with E-state index in [0.717, 1.165) is 51.9 Å². The number of likely N-dealkylation sites (tertiary alicyclic amines) is 1. The highest BCUT2D eigenvalue weighted by Gasteiger charge is 2.38. The third-order valence-corrected chi connectivity index (χ3v) is 5.37. The van der Waals surface area contributed by atoms with Gasteiger partial charge in [0.15, 0.2) is 0 Å². The molecule has 2 saturated heterocycles. The van der Waals surface area contributed by atoms with E-state index in [1.165, 1.54) is 13.0 Å². The van der Waals surface area contributed by atoms with Gasteiger partial charge in [0.05, 0.1) is 5.41 Å². The summed E-state index contributed by atoms with van der Waals surface area (Å²) in [4.78, 5) is 15.2. The van der Waals surface area contributed by atoms with E-state index in [1.807, 2.05) is 0 Å². The van der Waals surface area contributed by atoms with Crippen LogP contribution in [0.25, 0.3) is 0 Å². The number of nitrogens with one attached hydrogen (secondary N) is 2. The largest absolute Gasteiger partial charge is 0.355 e. The van der Waals surface area contributed by atoms with Crippen LogP contribution in [0.15, 0.2) is 0 Å². The maximum absolute atomic E-state index is 12.7. The van der Waals surface area contributed by atoms with Crippen molar-refractivity contribution in [2.24, 2.45) is 11.3 Å². The molecule has 0 aliphatic carbocycles. The molecule has 4 nitrogen and oxygen atoms in total. The van der Waals surface area contributed by atoms with Gasteiger partial charge in [-0.15, -0.1) is 0 Å². The van der Waals surface area contributed by atoms with Crippen LogP contribution in [0.5, 0.6) is 0 Å². The maximum Gasteiger partial charge on any atom is 0.226 e. The van der Waals surface area contributed by atoms with Gasteiger partial charge < -0.3 is 15.5 Å². The van der Waals surface area contributed by atoms with Gasteiger partial charge in [0.25, 0.3) is 0 Å². The van der Waals surface area contributed by atoms with Gasteiger partial charge in [-0.05, 0) is 65.1 Å². The van der Waals surface area contributed by atoms with Crippen molar-refractivity contribution in [1.82, 2.24) is 15.5 Å². The molecule has 2 aliphatic rings. The minimum atomic E-state index is -0.101. The van der Waals surface area contributed by atoms with Gasteiger partial charge >= 0.3 is 0 Å². The van der Waals surface area contributed by atoms with E-state index < -0.39 is 0 Å². The molecule has 1 unspecified atom stereocenters. The second-order valence-electron chi connectivity index (χ2n) is 7.23. The zero-order chi connectivity index (χ0) is 15.3. The summed E-state index contributed by atoms with van der Waals surface area (Å²) in [5.41, 5.74) is -0.101. The predicted octanol–water partition coefficient (Wildman–Crippen LogP) is 2.00. The van der Waals surface area contributed by atoms with Crippen molar-refractivity contribution in [1.29, 1.82) is 0 Å². The minimum Gasteiger partial charge on any atom is -0.355 e. The first-order valence-corrected chi connectivity index (χ1v) is 8.80. The summed E-state index contributed by atoms with van der Waals surface area (Å²) in [6, 6.07) is 0.626. The number of amides is 1. The molecule has 2 aliphatic heterocycles. The van der Waals surface area contributed by atoms with Crippen molar-refractivity contribution < 1.29 is 4.79 Å². The average Bonchev–Trinajstić information content (AvgIpc) is 2.95. The van der Waals surface area contributed by atoms with Gasteiger partial charge in [-0.1, -0.05) is 13.3 Å². The fourth-order valence-electron chi connectivity index (χ4n) is 3.90. The van der Waals surface area contributed by atoms with Crippen molar-refractivity contribution in [2.45, 2.75) is 58.9 Å². The highest BCUT2D eigenvalue weighted by atomic mass is 16.2. The van der Waals surface area contributed by atoms with Crippen LogP contribution in [0.2, 0.25) is 0 Å². The lowest BCUT2D eigenvalue weighted by molar-refractivity contribution is -0.133. The van der Waals surface area contributed by atoms with E-state index in [4.69, 9.17) is 0 Å². The Bertz CT molecular complexity index is 331. The van der Waals surface area contributed by atoms with Gasteiger partial charge in [0, 0.05) is 19.1 Å². The molecule has 0 aromatic rings. The lowest BCUT2D eigenvalue weighted by Crippen LogP contribution is -2.48. The smallest absolute Gasteiger partial charge is 0.226 e. The van der Waals surface area contributed by atoms with Crippen molar-refractivity contribution in [2.75, 3.05) is 32.7 Å². The summed E-state index contributed by atoms with van der Waals surface area (Å²) in [7, 11) is 0. The second-order valence-corrected chi connectivity index (χ2v) is 7.23. The van der Waals surface area contributed by atoms with Crippen LogP contribution in [0, 0.1) is 11.3 Å². The summed E-state index contributed by atoms with van der Waals surface area (Å²) >= 11 is 0. The van der Waals surface area contributed by atoms with Crippen LogP contribution < -0.4 is 10.6 Å². The number of rotatable bonds is 6. The Morgan fingerprint density at radius 1 is 1.38 bits per heavy atom. The monoisotopic (exact) mass is 295 g/mol. The number of hydrogen-bond acceptors (Lipinski definition) is 3. The number of carbonyl (C=O) groups excluding carboxylic acids is 1. The van der Waals surface area contributed by atoms with E-state index in [-0.39, 0.29) is 5.41 Å². The number of hydrogen-bond donors (Lipinski definition) is 2. The number of carbonyl (C=O) groups is 1. The van der Waals surface area contributed by atoms with Crippen LogP contribution in [0.4, 0.5) is 0 Å². The molecule has 122 valence electrons. The van der Waals surface area contributed by atoms with Crippen LogP contribution in [0.3, 0.4) is 0 Å². The molecular formula is C17H33N3O. The van der Waals surface area contributed by atoms with E-state index >= 15 is 0 Å². The van der Waals surface area contributed by atoms with Crippen molar-refractivity contribution in [3.8, 4) is 0 Å². The molecule has 4 heteroatoms. The van der Waals surface area contributed by atoms with Gasteiger partial charge in [-0.2, -0.15) is 0 Å². The summed E-state index contributed by atoms with van der Waals surface area (Å²) in [6.07, 6.45) is 5.34. The van der Waals surface area contributed by atoms with Crippen LogP contribution in [-0.4, -0.2) is 49.6 Å². The topological polar surface area (TPSA) is 44.4 Å². The van der Waals surface area contributed by atoms with E-state index in [0.29, 0.717) is 17.9 Å². The number of nitrogens with zero attached hydrogens (tertiary/aromatic N) is 1. The third kappa shape index (κ3) is 4.19. The summed E-state index contributed by atoms with van der Waals surface area (Å²) in [6.45, 7) is 11.9. The van der Waals surface area contributed by atoms with E-state index in [1.54, 1.807) is 0 Å². The van der Waals surface area contributed by atoms with E-state index in [9.17, 15) is 4.79 Å². The Morgan fingerprint density at radius 3 is 2.67 bits per heavy atom. The number of piperidine rings is 1. The van der Waals surface area contributed by atoms with Gasteiger partial charge in [0.1, 0.15) is 0 Å². The second kappa shape index (κ2) is 7.59. The summed E-state index contributed by atoms with van der Waals surface area (Å²) < 4.78 is 0. The fraction of sp³-hybridized carbons (Fsp3) is 0.941. The summed E-state index contributed by atoms with van der Waals surface area (Å²) in [5, 5.41) is 6.67. The summed E-state index contributed by atoms with van der Waals surface area (Å²) in [5.74, 6) is 0.950. The molecule has 2 N–H and O–H groups in total. The van der Waals surface area contributed by atoms with Gasteiger partial charge in [0.2, 0.25) is 5.91 Å². The molecule has 0 bridgehead atoms. The first-order valence-electron chi connectivity index (χ1n) is 8.80. The quantitative estimate of drug-likeness (QED) is 0.788. The molecule has 0 spiro atoms. The Balaban J connectivity index is 1.82. The Hall–Kier alpha value is -0.610. The Kier molecular flexibility index (Phi) is 6.06. The standard InChI is InChI=1S/C17H33N3O/c1-4-6-17(7-9-18-10-8-17)16(21)19-12-15-5-11-20(13-15)14(2)3/h14-15,18H,4-13H2,1-3H3,(H,19,21). The molecule has 2 heterocycles. The normalized spacial score (nSPS) is 26.2. The van der Waals surface area contributed by atoms with Gasteiger partial charge in [-0.3, -0.25) is 4.79 Å². The zero-order valence-electron chi connectivity index (χ0n) is 14.1. The van der Waals surface area contributed by atoms with Gasteiger partial charge in [-0.25, -0.2) is 0 Å². The molecular weight excluding hydrogens is 262 g/mol. The highest BCUT2D eigenvalue weighted by molar-refractivity contribution is 5.82. The van der Waals surface area contributed by atoms with Crippen molar-refractivity contribution in [3.05, 3.63) is 0 Å². The first-order chi connectivity index (χ1) is 10.1. The van der Waals surface area contributed by atoms with Crippen molar-refractivity contribution >= 4 is 5.91 Å². The van der Waals surface area contributed by atoms with Crippen LogP contribution in [0.1, 0.15) is 52.9 Å². The molecule has 0 saturated carbocycles. The van der Waals surface area contributed by atoms with E-state index in [2.05, 4.69) is 36.3 Å². The molecule has 2 fully saturated rings. The highest BCUT2D eigenvalue weighted by Crippen LogP contribution is 2.34. The molecule has 21 heavy (non-hydrogen) atoms. The molecule has 0 aromatic heterocycles. The van der Waals surface area contributed by atoms with Crippen molar-refractivity contribution in [3.63, 3.8) is 0 Å².